The average Bonchev–Trinajstić information content (AvgIpc) is 3.27. The molecule has 0 aliphatic carbocycles. The minimum atomic E-state index is 0.184. The lowest BCUT2D eigenvalue weighted by Gasteiger charge is -2.21. The predicted octanol–water partition coefficient (Wildman–Crippen LogP) is 3.85. The van der Waals surface area contributed by atoms with Crippen molar-refractivity contribution in [1.82, 2.24) is 19.8 Å². The molecule has 2 aromatic heterocycles. The van der Waals surface area contributed by atoms with E-state index in [0.29, 0.717) is 6.42 Å². The predicted molar refractivity (Wildman–Crippen MR) is 115 cm³/mol. The van der Waals surface area contributed by atoms with Crippen LogP contribution in [-0.4, -0.2) is 51.9 Å². The van der Waals surface area contributed by atoms with Gasteiger partial charge >= 0.3 is 0 Å². The second-order valence-electron chi connectivity index (χ2n) is 7.00. The number of hydrogen-bond acceptors (Lipinski definition) is 6. The Morgan fingerprint density at radius 3 is 2.79 bits per heavy atom. The van der Waals surface area contributed by atoms with Gasteiger partial charge in [0.25, 0.3) is 0 Å². The lowest BCUT2D eigenvalue weighted by atomic mass is 10.2. The zero-order valence-electron chi connectivity index (χ0n) is 16.0. The molecule has 3 heterocycles. The normalized spacial score (nSPS) is 15.5. The first kappa shape index (κ1) is 19.2. The van der Waals surface area contributed by atoms with Crippen molar-refractivity contribution in [3.63, 3.8) is 0 Å². The largest absolute Gasteiger partial charge is 0.341 e. The number of aromatic nitrogens is 2. The fourth-order valence-electron chi connectivity index (χ4n) is 3.45. The van der Waals surface area contributed by atoms with Crippen LogP contribution in [0.15, 0.2) is 41.9 Å². The Bertz CT molecular complexity index is 908. The molecule has 1 aliphatic rings. The van der Waals surface area contributed by atoms with Gasteiger partial charge in [-0.15, -0.1) is 22.7 Å². The van der Waals surface area contributed by atoms with E-state index < -0.39 is 0 Å². The molecular weight excluding hydrogens is 388 g/mol. The monoisotopic (exact) mass is 412 g/mol. The van der Waals surface area contributed by atoms with Crippen molar-refractivity contribution in [3.8, 4) is 10.6 Å². The van der Waals surface area contributed by atoms with E-state index in [0.717, 1.165) is 65.3 Å². The Balaban J connectivity index is 1.37. The number of nitrogens with zero attached hydrogens (tertiary/aromatic N) is 4. The van der Waals surface area contributed by atoms with E-state index in [1.54, 1.807) is 22.7 Å². The first-order chi connectivity index (χ1) is 13.7. The molecule has 0 unspecified atom stereocenters. The van der Waals surface area contributed by atoms with Gasteiger partial charge < -0.3 is 4.90 Å². The summed E-state index contributed by atoms with van der Waals surface area (Å²) in [4.78, 5) is 27.6. The van der Waals surface area contributed by atoms with Crippen LogP contribution in [0.3, 0.4) is 0 Å². The standard InChI is InChI=1S/C21H24N4OS2/c1-16-18(23-21(28-16)17-6-3-2-4-7-17)14-20(26)25-10-5-9-24(11-12-25)15-19-22-8-13-27-19/h2-4,6-8,13H,5,9-12,14-15H2,1H3. The molecule has 0 N–H and O–H groups in total. The molecule has 5 nitrogen and oxygen atoms in total. The maximum absolute atomic E-state index is 12.9. The number of carbonyl (C=O) groups is 1. The minimum Gasteiger partial charge on any atom is -0.341 e. The molecule has 0 spiro atoms. The second kappa shape index (κ2) is 8.94. The maximum atomic E-state index is 12.9. The third-order valence-corrected chi connectivity index (χ3v) is 6.84. The van der Waals surface area contributed by atoms with E-state index >= 15 is 0 Å². The minimum absolute atomic E-state index is 0.184. The van der Waals surface area contributed by atoms with Crippen LogP contribution in [0.5, 0.6) is 0 Å². The second-order valence-corrected chi connectivity index (χ2v) is 9.18. The Hall–Kier alpha value is -2.09. The number of hydrogen-bond donors (Lipinski definition) is 0. The van der Waals surface area contributed by atoms with E-state index in [4.69, 9.17) is 4.98 Å². The fraction of sp³-hybridized carbons (Fsp3) is 0.381. The van der Waals surface area contributed by atoms with Crippen LogP contribution < -0.4 is 0 Å². The summed E-state index contributed by atoms with van der Waals surface area (Å²) < 4.78 is 0. The lowest BCUT2D eigenvalue weighted by Crippen LogP contribution is -2.36. The van der Waals surface area contributed by atoms with Gasteiger partial charge in [-0.05, 0) is 13.3 Å². The molecule has 0 saturated carbocycles. The molecule has 7 heteroatoms. The summed E-state index contributed by atoms with van der Waals surface area (Å²) in [5, 5.41) is 4.15. The summed E-state index contributed by atoms with van der Waals surface area (Å²) in [5.41, 5.74) is 2.03. The molecule has 146 valence electrons. The summed E-state index contributed by atoms with van der Waals surface area (Å²) in [6.07, 6.45) is 3.25. The zero-order chi connectivity index (χ0) is 19.3. The van der Waals surface area contributed by atoms with Crippen LogP contribution in [-0.2, 0) is 17.8 Å². The van der Waals surface area contributed by atoms with Crippen LogP contribution in [0, 0.1) is 6.92 Å². The van der Waals surface area contributed by atoms with Crippen molar-refractivity contribution in [2.24, 2.45) is 0 Å². The molecule has 1 saturated heterocycles. The molecule has 3 aromatic rings. The number of amides is 1. The third kappa shape index (κ3) is 4.66. The van der Waals surface area contributed by atoms with Crippen molar-refractivity contribution in [2.75, 3.05) is 26.2 Å². The van der Waals surface area contributed by atoms with Crippen molar-refractivity contribution < 1.29 is 4.79 Å². The zero-order valence-corrected chi connectivity index (χ0v) is 17.6. The molecule has 28 heavy (non-hydrogen) atoms. The first-order valence-corrected chi connectivity index (χ1v) is 11.3. The molecule has 4 rings (SSSR count). The molecule has 0 atom stereocenters. The van der Waals surface area contributed by atoms with E-state index in [9.17, 15) is 4.79 Å². The number of thiazole rings is 2. The van der Waals surface area contributed by atoms with Gasteiger partial charge in [-0.2, -0.15) is 0 Å². The Morgan fingerprint density at radius 2 is 2.00 bits per heavy atom. The molecule has 1 amide bonds. The van der Waals surface area contributed by atoms with Gasteiger partial charge in [0.1, 0.15) is 10.0 Å². The van der Waals surface area contributed by atoms with Gasteiger partial charge in [-0.1, -0.05) is 30.3 Å². The lowest BCUT2D eigenvalue weighted by molar-refractivity contribution is -0.130. The molecule has 0 bridgehead atoms. The molecule has 1 aliphatic heterocycles. The van der Waals surface area contributed by atoms with Gasteiger partial charge in [0.2, 0.25) is 5.91 Å². The van der Waals surface area contributed by atoms with Gasteiger partial charge in [0.05, 0.1) is 18.7 Å². The number of rotatable bonds is 5. The van der Waals surface area contributed by atoms with Crippen LogP contribution in [0.2, 0.25) is 0 Å². The van der Waals surface area contributed by atoms with Crippen molar-refractivity contribution in [3.05, 3.63) is 57.5 Å². The Morgan fingerprint density at radius 1 is 1.14 bits per heavy atom. The van der Waals surface area contributed by atoms with E-state index in [2.05, 4.69) is 28.9 Å². The average molecular weight is 413 g/mol. The van der Waals surface area contributed by atoms with Crippen molar-refractivity contribution >= 4 is 28.6 Å². The molecule has 1 aromatic carbocycles. The maximum Gasteiger partial charge on any atom is 0.228 e. The van der Waals surface area contributed by atoms with Crippen molar-refractivity contribution in [2.45, 2.75) is 26.3 Å². The highest BCUT2D eigenvalue weighted by Crippen LogP contribution is 2.28. The van der Waals surface area contributed by atoms with Crippen LogP contribution in [0.1, 0.15) is 22.0 Å². The van der Waals surface area contributed by atoms with E-state index in [-0.39, 0.29) is 5.91 Å². The summed E-state index contributed by atoms with van der Waals surface area (Å²) in [6, 6.07) is 10.2. The summed E-state index contributed by atoms with van der Waals surface area (Å²) in [6.45, 7) is 6.45. The fourth-order valence-corrected chi connectivity index (χ4v) is 5.05. The smallest absolute Gasteiger partial charge is 0.228 e. The quantitative estimate of drug-likeness (QED) is 0.639. The van der Waals surface area contributed by atoms with Gasteiger partial charge in [-0.25, -0.2) is 9.97 Å². The highest BCUT2D eigenvalue weighted by atomic mass is 32.1. The summed E-state index contributed by atoms with van der Waals surface area (Å²) in [7, 11) is 0. The Kier molecular flexibility index (Phi) is 6.14. The van der Waals surface area contributed by atoms with E-state index in [1.165, 1.54) is 0 Å². The van der Waals surface area contributed by atoms with Crippen LogP contribution in [0.4, 0.5) is 0 Å². The third-order valence-electron chi connectivity index (χ3n) is 5.02. The van der Waals surface area contributed by atoms with Crippen LogP contribution in [0.25, 0.3) is 10.6 Å². The summed E-state index contributed by atoms with van der Waals surface area (Å²) in [5.74, 6) is 0.184. The molecule has 1 fully saturated rings. The Labute approximate surface area is 173 Å². The summed E-state index contributed by atoms with van der Waals surface area (Å²) >= 11 is 3.36. The molecule has 0 radical (unpaired) electrons. The van der Waals surface area contributed by atoms with Crippen molar-refractivity contribution in [1.29, 1.82) is 0 Å². The number of carbonyl (C=O) groups excluding carboxylic acids is 1. The highest BCUT2D eigenvalue weighted by molar-refractivity contribution is 7.15. The van der Waals surface area contributed by atoms with Gasteiger partial charge in [-0.3, -0.25) is 9.69 Å². The van der Waals surface area contributed by atoms with Gasteiger partial charge in [0, 0.05) is 48.2 Å². The van der Waals surface area contributed by atoms with E-state index in [1.807, 2.05) is 34.7 Å². The first-order valence-electron chi connectivity index (χ1n) is 9.59. The number of aryl methyl sites for hydroxylation is 1. The SMILES string of the molecule is Cc1sc(-c2ccccc2)nc1CC(=O)N1CCCN(Cc2nccs2)CC1. The van der Waals surface area contributed by atoms with Crippen LogP contribution >= 0.6 is 22.7 Å². The highest BCUT2D eigenvalue weighted by Gasteiger charge is 2.21. The number of benzene rings is 1. The molecular formula is C21H24N4OS2. The topological polar surface area (TPSA) is 49.3 Å². The van der Waals surface area contributed by atoms with Gasteiger partial charge in [0.15, 0.2) is 0 Å².